The van der Waals surface area contributed by atoms with Crippen LogP contribution in [0, 0.1) is 0 Å². The summed E-state index contributed by atoms with van der Waals surface area (Å²) < 4.78 is 6.87. The van der Waals surface area contributed by atoms with Crippen LogP contribution in [0.5, 0.6) is 5.75 Å². The third-order valence-electron chi connectivity index (χ3n) is 3.64. The molecular formula is C18H18N4O2. The lowest BCUT2D eigenvalue weighted by molar-refractivity contribution is 0.102. The second-order valence-electron chi connectivity index (χ2n) is 5.14. The smallest absolute Gasteiger partial charge is 0.259 e. The van der Waals surface area contributed by atoms with Gasteiger partial charge in [-0.2, -0.15) is 5.10 Å². The summed E-state index contributed by atoms with van der Waals surface area (Å²) in [5.74, 6) is 1.17. The zero-order chi connectivity index (χ0) is 16.9. The van der Waals surface area contributed by atoms with Gasteiger partial charge in [-0.1, -0.05) is 19.1 Å². The molecule has 1 amide bonds. The zero-order valence-corrected chi connectivity index (χ0v) is 13.6. The van der Waals surface area contributed by atoms with Crippen molar-refractivity contribution < 1.29 is 9.53 Å². The molecule has 0 saturated carbocycles. The standard InChI is InChI=1S/C18H18N4O2/c1-3-16-15(12-20-22(16)17-9-4-5-10-19-17)18(23)21-13-7-6-8-14(11-13)24-2/h4-12H,3H2,1-2H3,(H,21,23). The fourth-order valence-corrected chi connectivity index (χ4v) is 2.48. The molecule has 122 valence electrons. The van der Waals surface area contributed by atoms with Crippen LogP contribution in [0.1, 0.15) is 23.0 Å². The molecule has 0 unspecified atom stereocenters. The molecule has 2 heterocycles. The van der Waals surface area contributed by atoms with Crippen molar-refractivity contribution >= 4 is 11.6 Å². The highest BCUT2D eigenvalue weighted by Gasteiger charge is 2.17. The quantitative estimate of drug-likeness (QED) is 0.784. The van der Waals surface area contributed by atoms with Crippen molar-refractivity contribution in [3.8, 4) is 11.6 Å². The van der Waals surface area contributed by atoms with Crippen molar-refractivity contribution in [1.82, 2.24) is 14.8 Å². The van der Waals surface area contributed by atoms with E-state index in [2.05, 4.69) is 15.4 Å². The number of anilines is 1. The van der Waals surface area contributed by atoms with Gasteiger partial charge in [0.05, 0.1) is 24.6 Å². The Balaban J connectivity index is 1.89. The Bertz CT molecular complexity index is 843. The van der Waals surface area contributed by atoms with Gasteiger partial charge in [0.2, 0.25) is 0 Å². The van der Waals surface area contributed by atoms with Crippen LogP contribution in [0.25, 0.3) is 5.82 Å². The highest BCUT2D eigenvalue weighted by Crippen LogP contribution is 2.19. The SMILES string of the molecule is CCc1c(C(=O)Nc2cccc(OC)c2)cnn1-c1ccccn1. The molecule has 0 bridgehead atoms. The molecule has 3 aromatic rings. The maximum atomic E-state index is 12.6. The summed E-state index contributed by atoms with van der Waals surface area (Å²) in [7, 11) is 1.59. The Kier molecular flexibility index (Phi) is 4.56. The molecular weight excluding hydrogens is 304 g/mol. The predicted octanol–water partition coefficient (Wildman–Crippen LogP) is 3.09. The van der Waals surface area contributed by atoms with Crippen LogP contribution in [0.2, 0.25) is 0 Å². The summed E-state index contributed by atoms with van der Waals surface area (Å²) in [6.45, 7) is 1.98. The van der Waals surface area contributed by atoms with Crippen molar-refractivity contribution in [2.45, 2.75) is 13.3 Å². The Labute approximate surface area is 140 Å². The average Bonchev–Trinajstić information content (AvgIpc) is 3.06. The zero-order valence-electron chi connectivity index (χ0n) is 13.6. The minimum Gasteiger partial charge on any atom is -0.497 e. The van der Waals surface area contributed by atoms with Gasteiger partial charge in [0.25, 0.3) is 5.91 Å². The summed E-state index contributed by atoms with van der Waals surface area (Å²) in [4.78, 5) is 16.9. The molecule has 6 heteroatoms. The molecule has 0 aliphatic heterocycles. The van der Waals surface area contributed by atoms with Crippen molar-refractivity contribution in [3.63, 3.8) is 0 Å². The number of nitrogens with zero attached hydrogens (tertiary/aromatic N) is 3. The lowest BCUT2D eigenvalue weighted by Crippen LogP contribution is -2.14. The normalized spacial score (nSPS) is 10.4. The van der Waals surface area contributed by atoms with Gasteiger partial charge in [-0.05, 0) is 30.7 Å². The molecule has 0 fully saturated rings. The highest BCUT2D eigenvalue weighted by molar-refractivity contribution is 6.05. The van der Waals surface area contributed by atoms with Gasteiger partial charge >= 0.3 is 0 Å². The van der Waals surface area contributed by atoms with E-state index in [4.69, 9.17) is 4.74 Å². The van der Waals surface area contributed by atoms with Crippen molar-refractivity contribution in [3.05, 3.63) is 66.1 Å². The molecule has 0 aliphatic rings. The predicted molar refractivity (Wildman–Crippen MR) is 91.7 cm³/mol. The van der Waals surface area contributed by atoms with E-state index in [1.165, 1.54) is 0 Å². The number of hydrogen-bond donors (Lipinski definition) is 1. The molecule has 2 aromatic heterocycles. The van der Waals surface area contributed by atoms with E-state index in [1.54, 1.807) is 30.3 Å². The summed E-state index contributed by atoms with van der Waals surface area (Å²) in [6, 6.07) is 12.8. The van der Waals surface area contributed by atoms with E-state index < -0.39 is 0 Å². The van der Waals surface area contributed by atoms with Gasteiger partial charge in [-0.25, -0.2) is 9.67 Å². The number of methoxy groups -OCH3 is 1. The molecule has 0 radical (unpaired) electrons. The van der Waals surface area contributed by atoms with Gasteiger partial charge in [-0.3, -0.25) is 4.79 Å². The maximum absolute atomic E-state index is 12.6. The van der Waals surface area contributed by atoms with Gasteiger partial charge in [0.15, 0.2) is 5.82 Å². The van der Waals surface area contributed by atoms with Gasteiger partial charge < -0.3 is 10.1 Å². The Morgan fingerprint density at radius 2 is 2.12 bits per heavy atom. The summed E-state index contributed by atoms with van der Waals surface area (Å²) in [6.07, 6.45) is 3.94. The highest BCUT2D eigenvalue weighted by atomic mass is 16.5. The molecule has 6 nitrogen and oxygen atoms in total. The maximum Gasteiger partial charge on any atom is 0.259 e. The van der Waals surface area contributed by atoms with Crippen LogP contribution in [0.4, 0.5) is 5.69 Å². The number of pyridine rings is 1. The van der Waals surface area contributed by atoms with Crippen molar-refractivity contribution in [2.75, 3.05) is 12.4 Å². The summed E-state index contributed by atoms with van der Waals surface area (Å²) in [5, 5.41) is 7.20. The van der Waals surface area contributed by atoms with E-state index in [0.29, 0.717) is 29.2 Å². The van der Waals surface area contributed by atoms with Gasteiger partial charge in [-0.15, -0.1) is 0 Å². The van der Waals surface area contributed by atoms with Crippen LogP contribution in [0.3, 0.4) is 0 Å². The topological polar surface area (TPSA) is 69.0 Å². The van der Waals surface area contributed by atoms with E-state index >= 15 is 0 Å². The number of hydrogen-bond acceptors (Lipinski definition) is 4. The monoisotopic (exact) mass is 322 g/mol. The first-order chi connectivity index (χ1) is 11.7. The number of ether oxygens (including phenoxy) is 1. The Morgan fingerprint density at radius 3 is 2.83 bits per heavy atom. The molecule has 0 spiro atoms. The van der Waals surface area contributed by atoms with E-state index in [9.17, 15) is 4.79 Å². The minimum atomic E-state index is -0.206. The van der Waals surface area contributed by atoms with Crippen molar-refractivity contribution in [2.24, 2.45) is 0 Å². The number of aromatic nitrogens is 3. The first-order valence-electron chi connectivity index (χ1n) is 7.66. The third-order valence-corrected chi connectivity index (χ3v) is 3.64. The van der Waals surface area contributed by atoms with Crippen LogP contribution < -0.4 is 10.1 Å². The number of carbonyl (C=O) groups is 1. The van der Waals surface area contributed by atoms with Crippen LogP contribution in [-0.4, -0.2) is 27.8 Å². The largest absolute Gasteiger partial charge is 0.497 e. The molecule has 0 atom stereocenters. The van der Waals surface area contributed by atoms with Crippen LogP contribution in [-0.2, 0) is 6.42 Å². The van der Waals surface area contributed by atoms with Crippen molar-refractivity contribution in [1.29, 1.82) is 0 Å². The lowest BCUT2D eigenvalue weighted by atomic mass is 10.2. The first-order valence-corrected chi connectivity index (χ1v) is 7.66. The van der Waals surface area contributed by atoms with Crippen LogP contribution >= 0.6 is 0 Å². The molecule has 1 N–H and O–H groups in total. The van der Waals surface area contributed by atoms with Crippen LogP contribution in [0.15, 0.2) is 54.9 Å². The number of carbonyl (C=O) groups excluding carboxylic acids is 1. The second kappa shape index (κ2) is 6.95. The number of amides is 1. The molecule has 1 aromatic carbocycles. The number of nitrogens with one attached hydrogen (secondary N) is 1. The minimum absolute atomic E-state index is 0.206. The third kappa shape index (κ3) is 3.12. The Hall–Kier alpha value is -3.15. The average molecular weight is 322 g/mol. The Morgan fingerprint density at radius 1 is 1.25 bits per heavy atom. The van der Waals surface area contributed by atoms with E-state index in [0.717, 1.165) is 5.69 Å². The molecule has 0 aliphatic carbocycles. The number of rotatable bonds is 5. The second-order valence-corrected chi connectivity index (χ2v) is 5.14. The summed E-state index contributed by atoms with van der Waals surface area (Å²) in [5.41, 5.74) is 2.02. The molecule has 0 saturated heterocycles. The molecule has 24 heavy (non-hydrogen) atoms. The summed E-state index contributed by atoms with van der Waals surface area (Å²) >= 11 is 0. The fraction of sp³-hybridized carbons (Fsp3) is 0.167. The van der Waals surface area contributed by atoms with E-state index in [1.807, 2.05) is 43.3 Å². The fourth-order valence-electron chi connectivity index (χ4n) is 2.48. The van der Waals surface area contributed by atoms with Gasteiger partial charge in [0, 0.05) is 18.0 Å². The lowest BCUT2D eigenvalue weighted by Gasteiger charge is -2.08. The van der Waals surface area contributed by atoms with E-state index in [-0.39, 0.29) is 5.91 Å². The number of benzene rings is 1. The molecule has 3 rings (SSSR count). The van der Waals surface area contributed by atoms with Gasteiger partial charge in [0.1, 0.15) is 5.75 Å². The first kappa shape index (κ1) is 15.7.